The van der Waals surface area contributed by atoms with Crippen LogP contribution < -0.4 is 11.1 Å². The van der Waals surface area contributed by atoms with Crippen LogP contribution >= 0.6 is 12.2 Å². The van der Waals surface area contributed by atoms with Crippen molar-refractivity contribution in [2.45, 2.75) is 0 Å². The number of fused-ring (bicyclic) bond motifs is 1. The van der Waals surface area contributed by atoms with Gasteiger partial charge in [-0.1, -0.05) is 12.2 Å². The Morgan fingerprint density at radius 2 is 2.00 bits per heavy atom. The van der Waals surface area contributed by atoms with Crippen molar-refractivity contribution in [3.8, 4) is 0 Å². The van der Waals surface area contributed by atoms with Crippen LogP contribution in [0.5, 0.6) is 0 Å². The molecule has 17 heavy (non-hydrogen) atoms. The van der Waals surface area contributed by atoms with Crippen molar-refractivity contribution in [2.75, 3.05) is 6.54 Å². The van der Waals surface area contributed by atoms with Gasteiger partial charge >= 0.3 is 0 Å². The fourth-order valence-electron chi connectivity index (χ4n) is 1.37. The van der Waals surface area contributed by atoms with Crippen LogP contribution in [0, 0.1) is 0 Å². The number of aromatic nitrogens is 2. The summed E-state index contributed by atoms with van der Waals surface area (Å²) in [6.07, 6.45) is 3.19. The van der Waals surface area contributed by atoms with Crippen LogP contribution in [-0.2, 0) is 0 Å². The van der Waals surface area contributed by atoms with Crippen LogP contribution in [0.15, 0.2) is 30.6 Å². The van der Waals surface area contributed by atoms with E-state index in [0.29, 0.717) is 11.1 Å². The Kier molecular flexibility index (Phi) is 3.24. The molecule has 86 valence electrons. The van der Waals surface area contributed by atoms with Crippen molar-refractivity contribution in [1.82, 2.24) is 15.3 Å². The molecule has 0 saturated carbocycles. The SMILES string of the molecule is NC(=S)CNC(=O)c1ccc2nccnc2c1. The summed E-state index contributed by atoms with van der Waals surface area (Å²) in [5.74, 6) is -0.231. The quantitative estimate of drug-likeness (QED) is 0.777. The van der Waals surface area contributed by atoms with Gasteiger partial charge in [-0.2, -0.15) is 0 Å². The lowest BCUT2D eigenvalue weighted by Gasteiger charge is -2.04. The van der Waals surface area contributed by atoms with Crippen molar-refractivity contribution in [3.05, 3.63) is 36.2 Å². The molecule has 0 fully saturated rings. The maximum Gasteiger partial charge on any atom is 0.251 e. The smallest absolute Gasteiger partial charge is 0.251 e. The summed E-state index contributed by atoms with van der Waals surface area (Å²) < 4.78 is 0. The molecule has 0 radical (unpaired) electrons. The van der Waals surface area contributed by atoms with Crippen molar-refractivity contribution >= 4 is 34.1 Å². The van der Waals surface area contributed by atoms with Crippen molar-refractivity contribution in [3.63, 3.8) is 0 Å². The van der Waals surface area contributed by atoms with Gasteiger partial charge in [0.15, 0.2) is 0 Å². The van der Waals surface area contributed by atoms with Gasteiger partial charge < -0.3 is 11.1 Å². The molecule has 0 saturated heterocycles. The Morgan fingerprint density at radius 3 is 2.71 bits per heavy atom. The van der Waals surface area contributed by atoms with Crippen LogP contribution in [0.1, 0.15) is 10.4 Å². The van der Waals surface area contributed by atoms with Gasteiger partial charge in [-0.05, 0) is 18.2 Å². The number of amides is 1. The molecule has 1 aromatic carbocycles. The second-order valence-corrected chi connectivity index (χ2v) is 3.93. The summed E-state index contributed by atoms with van der Waals surface area (Å²) in [6.45, 7) is 0.187. The summed E-state index contributed by atoms with van der Waals surface area (Å²) in [6, 6.07) is 5.11. The van der Waals surface area contributed by atoms with Crippen LogP contribution in [0.25, 0.3) is 11.0 Å². The van der Waals surface area contributed by atoms with E-state index in [1.165, 1.54) is 0 Å². The molecule has 0 bridgehead atoms. The van der Waals surface area contributed by atoms with Crippen molar-refractivity contribution < 1.29 is 4.79 Å². The molecule has 0 aliphatic carbocycles. The number of hydrogen-bond acceptors (Lipinski definition) is 4. The first kappa shape index (κ1) is 11.4. The third-order valence-electron chi connectivity index (χ3n) is 2.15. The van der Waals surface area contributed by atoms with Gasteiger partial charge in [-0.15, -0.1) is 0 Å². The lowest BCUT2D eigenvalue weighted by molar-refractivity contribution is 0.0959. The lowest BCUT2D eigenvalue weighted by Crippen LogP contribution is -2.32. The number of rotatable bonds is 3. The maximum absolute atomic E-state index is 11.7. The predicted molar refractivity (Wildman–Crippen MR) is 68.7 cm³/mol. The van der Waals surface area contributed by atoms with Crippen LogP contribution in [0.4, 0.5) is 0 Å². The third kappa shape index (κ3) is 2.73. The second-order valence-electron chi connectivity index (χ2n) is 3.41. The van der Waals surface area contributed by atoms with Gasteiger partial charge in [0.2, 0.25) is 0 Å². The highest BCUT2D eigenvalue weighted by Gasteiger charge is 2.06. The summed E-state index contributed by atoms with van der Waals surface area (Å²) >= 11 is 4.68. The van der Waals surface area contributed by atoms with E-state index in [2.05, 4.69) is 27.5 Å². The largest absolute Gasteiger partial charge is 0.392 e. The minimum atomic E-state index is -0.231. The van der Waals surface area contributed by atoms with E-state index in [1.807, 2.05) is 0 Å². The molecule has 1 aromatic heterocycles. The van der Waals surface area contributed by atoms with E-state index >= 15 is 0 Å². The van der Waals surface area contributed by atoms with Crippen molar-refractivity contribution in [1.29, 1.82) is 0 Å². The number of hydrogen-bond donors (Lipinski definition) is 2. The number of nitrogens with zero attached hydrogens (tertiary/aromatic N) is 2. The monoisotopic (exact) mass is 246 g/mol. The normalized spacial score (nSPS) is 10.1. The average molecular weight is 246 g/mol. The first-order chi connectivity index (χ1) is 8.16. The standard InChI is InChI=1S/C11H10N4OS/c12-10(17)6-15-11(16)7-1-2-8-9(5-7)14-4-3-13-8/h1-5H,6H2,(H2,12,17)(H,15,16). The zero-order valence-corrected chi connectivity index (χ0v) is 9.70. The highest BCUT2D eigenvalue weighted by atomic mass is 32.1. The van der Waals surface area contributed by atoms with Crippen molar-refractivity contribution in [2.24, 2.45) is 5.73 Å². The molecule has 0 aliphatic heterocycles. The van der Waals surface area contributed by atoms with Gasteiger partial charge in [0, 0.05) is 18.0 Å². The van der Waals surface area contributed by atoms with E-state index < -0.39 is 0 Å². The zero-order valence-electron chi connectivity index (χ0n) is 8.88. The number of carbonyl (C=O) groups excluding carboxylic acids is 1. The number of benzene rings is 1. The van der Waals surface area contributed by atoms with Gasteiger partial charge in [0.25, 0.3) is 5.91 Å². The number of thiocarbonyl (C=S) groups is 1. The Morgan fingerprint density at radius 1 is 1.29 bits per heavy atom. The van der Waals surface area contributed by atoms with Gasteiger partial charge in [0.1, 0.15) is 0 Å². The molecular formula is C11H10N4OS. The summed E-state index contributed by atoms with van der Waals surface area (Å²) in [5.41, 5.74) is 7.24. The highest BCUT2D eigenvalue weighted by molar-refractivity contribution is 7.80. The Bertz CT molecular complexity index is 584. The molecule has 1 heterocycles. The van der Waals surface area contributed by atoms with Crippen LogP contribution in [0.3, 0.4) is 0 Å². The minimum Gasteiger partial charge on any atom is -0.392 e. The van der Waals surface area contributed by atoms with E-state index in [-0.39, 0.29) is 17.4 Å². The molecule has 6 heteroatoms. The summed E-state index contributed by atoms with van der Waals surface area (Å²) in [5, 5.41) is 2.61. The van der Waals surface area contributed by atoms with Gasteiger partial charge in [-0.25, -0.2) is 0 Å². The summed E-state index contributed by atoms with van der Waals surface area (Å²) in [7, 11) is 0. The molecular weight excluding hydrogens is 236 g/mol. The lowest BCUT2D eigenvalue weighted by atomic mass is 10.2. The number of carbonyl (C=O) groups is 1. The number of nitrogens with two attached hydrogens (primary N) is 1. The molecule has 0 spiro atoms. The van der Waals surface area contributed by atoms with E-state index in [4.69, 9.17) is 5.73 Å². The first-order valence-corrected chi connectivity index (χ1v) is 5.35. The molecule has 0 aliphatic rings. The Labute approximate surface area is 103 Å². The fourth-order valence-corrected chi connectivity index (χ4v) is 1.45. The van der Waals surface area contributed by atoms with Gasteiger partial charge in [-0.3, -0.25) is 14.8 Å². The zero-order chi connectivity index (χ0) is 12.3. The van der Waals surface area contributed by atoms with Gasteiger partial charge in [0.05, 0.1) is 22.6 Å². The van der Waals surface area contributed by atoms with Crippen LogP contribution in [0.2, 0.25) is 0 Å². The molecule has 1 amide bonds. The minimum absolute atomic E-state index is 0.187. The molecule has 2 aromatic rings. The maximum atomic E-state index is 11.7. The molecule has 0 atom stereocenters. The third-order valence-corrected chi connectivity index (χ3v) is 2.30. The number of nitrogens with one attached hydrogen (secondary N) is 1. The second kappa shape index (κ2) is 4.84. The Balaban J connectivity index is 2.24. The van der Waals surface area contributed by atoms with E-state index in [1.54, 1.807) is 30.6 Å². The van der Waals surface area contributed by atoms with E-state index in [9.17, 15) is 4.79 Å². The molecule has 0 unspecified atom stereocenters. The van der Waals surface area contributed by atoms with E-state index in [0.717, 1.165) is 5.52 Å². The predicted octanol–water partition coefficient (Wildman–Crippen LogP) is 0.646. The van der Waals surface area contributed by atoms with Crippen LogP contribution in [-0.4, -0.2) is 27.4 Å². The molecule has 3 N–H and O–H groups in total. The first-order valence-electron chi connectivity index (χ1n) is 4.94. The fraction of sp³-hybridized carbons (Fsp3) is 0.0909. The molecule has 2 rings (SSSR count). The highest BCUT2D eigenvalue weighted by Crippen LogP contribution is 2.10. The summed E-state index contributed by atoms with van der Waals surface area (Å²) in [4.78, 5) is 20.2. The average Bonchev–Trinajstić information content (AvgIpc) is 2.35. The Hall–Kier alpha value is -2.08. The topological polar surface area (TPSA) is 80.9 Å². The molecule has 5 nitrogen and oxygen atoms in total.